The number of anilines is 1. The van der Waals surface area contributed by atoms with Crippen molar-refractivity contribution in [3.05, 3.63) is 77.6 Å². The number of benzene rings is 2. The van der Waals surface area contributed by atoms with Gasteiger partial charge in [-0.2, -0.15) is 0 Å². The largest absolute Gasteiger partial charge is 0.360 e. The van der Waals surface area contributed by atoms with Gasteiger partial charge in [0.1, 0.15) is 5.76 Å². The van der Waals surface area contributed by atoms with Crippen LogP contribution >= 0.6 is 0 Å². The number of carbonyl (C=O) groups excluding carboxylic acids is 1. The second kappa shape index (κ2) is 8.05. The molecule has 8 heteroatoms. The quantitative estimate of drug-likeness (QED) is 0.651. The molecule has 0 aliphatic carbocycles. The third-order valence-electron chi connectivity index (χ3n) is 3.84. The molecule has 0 fully saturated rings. The molecule has 3 aromatic rings. The van der Waals surface area contributed by atoms with E-state index in [4.69, 9.17) is 4.52 Å². The van der Waals surface area contributed by atoms with E-state index in [1.165, 1.54) is 30.3 Å². The maximum atomic E-state index is 12.3. The summed E-state index contributed by atoms with van der Waals surface area (Å²) >= 11 is 0. The summed E-state index contributed by atoms with van der Waals surface area (Å²) in [5.41, 5.74) is 1.52. The molecular formula is C19H19N3O4S. The van der Waals surface area contributed by atoms with Crippen molar-refractivity contribution in [3.63, 3.8) is 0 Å². The van der Waals surface area contributed by atoms with E-state index in [1.807, 2.05) is 30.3 Å². The van der Waals surface area contributed by atoms with Gasteiger partial charge in [-0.3, -0.25) is 9.52 Å². The van der Waals surface area contributed by atoms with Gasteiger partial charge < -0.3 is 9.84 Å². The molecule has 1 heterocycles. The van der Waals surface area contributed by atoms with Gasteiger partial charge in [-0.05, 0) is 43.2 Å². The Morgan fingerprint density at radius 2 is 1.78 bits per heavy atom. The number of amides is 1. The highest BCUT2D eigenvalue weighted by molar-refractivity contribution is 7.92. The van der Waals surface area contributed by atoms with Crippen molar-refractivity contribution in [1.82, 2.24) is 10.5 Å². The molecule has 0 aliphatic heterocycles. The fraction of sp³-hybridized carbons (Fsp3) is 0.158. The van der Waals surface area contributed by atoms with Gasteiger partial charge in [0.25, 0.3) is 15.9 Å². The van der Waals surface area contributed by atoms with Crippen LogP contribution in [-0.2, 0) is 16.4 Å². The van der Waals surface area contributed by atoms with E-state index in [1.54, 1.807) is 6.92 Å². The van der Waals surface area contributed by atoms with E-state index >= 15 is 0 Å². The minimum Gasteiger partial charge on any atom is -0.360 e. The molecule has 0 spiro atoms. The fourth-order valence-corrected chi connectivity index (χ4v) is 3.45. The maximum absolute atomic E-state index is 12.3. The van der Waals surface area contributed by atoms with Crippen molar-refractivity contribution in [1.29, 1.82) is 0 Å². The zero-order valence-electron chi connectivity index (χ0n) is 14.7. The summed E-state index contributed by atoms with van der Waals surface area (Å²) < 4.78 is 31.8. The van der Waals surface area contributed by atoms with Gasteiger partial charge in [0.15, 0.2) is 5.82 Å². The molecule has 140 valence electrons. The molecule has 7 nitrogen and oxygen atoms in total. The Morgan fingerprint density at radius 3 is 2.41 bits per heavy atom. The first-order chi connectivity index (χ1) is 12.9. The highest BCUT2D eigenvalue weighted by atomic mass is 32.2. The molecule has 0 saturated heterocycles. The number of hydrogen-bond donors (Lipinski definition) is 2. The average Bonchev–Trinajstić information content (AvgIpc) is 3.06. The van der Waals surface area contributed by atoms with Gasteiger partial charge in [0.05, 0.1) is 4.90 Å². The van der Waals surface area contributed by atoms with Crippen LogP contribution in [0.1, 0.15) is 21.7 Å². The third kappa shape index (κ3) is 4.95. The van der Waals surface area contributed by atoms with Gasteiger partial charge in [0, 0.05) is 18.2 Å². The molecule has 2 N–H and O–H groups in total. The van der Waals surface area contributed by atoms with Crippen LogP contribution in [0.2, 0.25) is 0 Å². The number of carbonyl (C=O) groups is 1. The summed E-state index contributed by atoms with van der Waals surface area (Å²) in [6, 6.07) is 17.0. The van der Waals surface area contributed by atoms with Crippen LogP contribution in [0.3, 0.4) is 0 Å². The van der Waals surface area contributed by atoms with Crippen molar-refractivity contribution in [2.75, 3.05) is 11.3 Å². The normalized spacial score (nSPS) is 11.1. The molecule has 0 aliphatic rings. The lowest BCUT2D eigenvalue weighted by Gasteiger charge is -2.07. The maximum Gasteiger partial charge on any atom is 0.263 e. The Hall–Kier alpha value is -3.13. The summed E-state index contributed by atoms with van der Waals surface area (Å²) in [6.07, 6.45) is 0.722. The van der Waals surface area contributed by atoms with Crippen LogP contribution in [0.15, 0.2) is 70.1 Å². The van der Waals surface area contributed by atoms with Crippen molar-refractivity contribution in [2.45, 2.75) is 18.2 Å². The fourth-order valence-electron chi connectivity index (χ4n) is 2.46. The summed E-state index contributed by atoms with van der Waals surface area (Å²) in [5.74, 6) is 0.348. The summed E-state index contributed by atoms with van der Waals surface area (Å²) in [5, 5.41) is 6.42. The van der Waals surface area contributed by atoms with Crippen molar-refractivity contribution in [3.8, 4) is 0 Å². The molecule has 0 radical (unpaired) electrons. The SMILES string of the molecule is Cc1cc(NS(=O)(=O)c2ccc(C(=O)NCCc3ccccc3)cc2)no1. The Bertz CT molecular complexity index is 1010. The molecule has 0 saturated carbocycles. The van der Waals surface area contributed by atoms with Crippen molar-refractivity contribution in [2.24, 2.45) is 0 Å². The van der Waals surface area contributed by atoms with Crippen molar-refractivity contribution < 1.29 is 17.7 Å². The van der Waals surface area contributed by atoms with Crippen LogP contribution in [0, 0.1) is 6.92 Å². The highest BCUT2D eigenvalue weighted by Gasteiger charge is 2.17. The van der Waals surface area contributed by atoms with E-state index in [9.17, 15) is 13.2 Å². The lowest BCUT2D eigenvalue weighted by Crippen LogP contribution is -2.25. The Balaban J connectivity index is 1.59. The number of aryl methyl sites for hydroxylation is 1. The number of sulfonamides is 1. The minimum absolute atomic E-state index is 0.0315. The Morgan fingerprint density at radius 1 is 1.07 bits per heavy atom. The summed E-state index contributed by atoms with van der Waals surface area (Å²) in [4.78, 5) is 12.2. The summed E-state index contributed by atoms with van der Waals surface area (Å²) in [6.45, 7) is 2.16. The number of nitrogens with zero attached hydrogens (tertiary/aromatic N) is 1. The predicted octanol–water partition coefficient (Wildman–Crippen LogP) is 2.76. The van der Waals surface area contributed by atoms with Crippen LogP contribution in [0.5, 0.6) is 0 Å². The van der Waals surface area contributed by atoms with Crippen LogP contribution in [0.25, 0.3) is 0 Å². The van der Waals surface area contributed by atoms with E-state index in [0.29, 0.717) is 17.9 Å². The summed E-state index contributed by atoms with van der Waals surface area (Å²) in [7, 11) is -3.80. The monoisotopic (exact) mass is 385 g/mol. The topological polar surface area (TPSA) is 101 Å². The number of nitrogens with one attached hydrogen (secondary N) is 2. The van der Waals surface area contributed by atoms with E-state index < -0.39 is 10.0 Å². The van der Waals surface area contributed by atoms with E-state index in [2.05, 4.69) is 15.2 Å². The van der Waals surface area contributed by atoms with Crippen LogP contribution in [0.4, 0.5) is 5.82 Å². The highest BCUT2D eigenvalue weighted by Crippen LogP contribution is 2.16. The number of rotatable bonds is 7. The zero-order valence-corrected chi connectivity index (χ0v) is 15.5. The molecule has 0 unspecified atom stereocenters. The molecule has 27 heavy (non-hydrogen) atoms. The molecule has 2 aromatic carbocycles. The van der Waals surface area contributed by atoms with Gasteiger partial charge >= 0.3 is 0 Å². The van der Waals surface area contributed by atoms with Crippen LogP contribution in [-0.4, -0.2) is 26.0 Å². The first kappa shape index (κ1) is 18.7. The average molecular weight is 385 g/mol. The lowest BCUT2D eigenvalue weighted by molar-refractivity contribution is 0.0954. The molecule has 0 bridgehead atoms. The van der Waals surface area contributed by atoms with Gasteiger partial charge in [-0.25, -0.2) is 8.42 Å². The predicted molar refractivity (Wildman–Crippen MR) is 101 cm³/mol. The van der Waals surface area contributed by atoms with Crippen molar-refractivity contribution >= 4 is 21.7 Å². The molecular weight excluding hydrogens is 366 g/mol. The van der Waals surface area contributed by atoms with Gasteiger partial charge in [-0.1, -0.05) is 35.5 Å². The van der Waals surface area contributed by atoms with Crippen LogP contribution < -0.4 is 10.0 Å². The van der Waals surface area contributed by atoms with Gasteiger partial charge in [-0.15, -0.1) is 0 Å². The van der Waals surface area contributed by atoms with Gasteiger partial charge in [0.2, 0.25) is 0 Å². The Labute approximate surface area is 157 Å². The second-order valence-corrected chi connectivity index (χ2v) is 7.63. The second-order valence-electron chi connectivity index (χ2n) is 5.94. The standard InChI is InChI=1S/C19H19N3O4S/c1-14-13-18(21-26-14)22-27(24,25)17-9-7-16(8-10-17)19(23)20-12-11-15-5-3-2-4-6-15/h2-10,13H,11-12H2,1H3,(H,20,23)(H,21,22). The number of aromatic nitrogens is 1. The zero-order chi connectivity index (χ0) is 19.3. The molecule has 3 rings (SSSR count). The third-order valence-corrected chi connectivity index (χ3v) is 5.21. The molecule has 0 atom stereocenters. The Kier molecular flexibility index (Phi) is 5.56. The first-order valence-electron chi connectivity index (χ1n) is 8.32. The number of hydrogen-bond acceptors (Lipinski definition) is 5. The molecule has 1 amide bonds. The lowest BCUT2D eigenvalue weighted by atomic mass is 10.1. The van der Waals surface area contributed by atoms with E-state index in [-0.39, 0.29) is 16.6 Å². The molecule has 1 aromatic heterocycles. The minimum atomic E-state index is -3.80. The first-order valence-corrected chi connectivity index (χ1v) is 9.81. The smallest absolute Gasteiger partial charge is 0.263 e. The van der Waals surface area contributed by atoms with E-state index in [0.717, 1.165) is 12.0 Å².